The molecule has 1 aliphatic rings. The first-order valence-corrected chi connectivity index (χ1v) is 6.64. The normalized spacial score (nSPS) is 27.6. The van der Waals surface area contributed by atoms with Crippen molar-refractivity contribution in [3.63, 3.8) is 0 Å². The maximum atomic E-state index is 11.4. The third kappa shape index (κ3) is 4.60. The van der Waals surface area contributed by atoms with Gasteiger partial charge in [0.15, 0.2) is 5.79 Å². The predicted molar refractivity (Wildman–Crippen MR) is 70.5 cm³/mol. The van der Waals surface area contributed by atoms with Crippen LogP contribution in [0.25, 0.3) is 0 Å². The van der Waals surface area contributed by atoms with E-state index in [1.165, 1.54) is 7.11 Å². The molecule has 1 saturated heterocycles. The largest absolute Gasteiger partial charge is 0.469 e. The SMILES string of the molecule is CC[C@H](C/C=C/[C@@H]1OC(C)(C)O[C@@H]1CO)C(=O)OC. The van der Waals surface area contributed by atoms with Crippen LogP contribution in [-0.4, -0.2) is 42.8 Å². The summed E-state index contributed by atoms with van der Waals surface area (Å²) < 4.78 is 15.9. The van der Waals surface area contributed by atoms with Gasteiger partial charge in [0, 0.05) is 0 Å². The number of allylic oxidation sites excluding steroid dienone is 1. The summed E-state index contributed by atoms with van der Waals surface area (Å²) in [4.78, 5) is 11.4. The Labute approximate surface area is 114 Å². The van der Waals surface area contributed by atoms with Gasteiger partial charge in [0.05, 0.1) is 19.6 Å². The van der Waals surface area contributed by atoms with Crippen LogP contribution in [0.4, 0.5) is 0 Å². The fourth-order valence-electron chi connectivity index (χ4n) is 2.14. The average Bonchev–Trinajstić information content (AvgIpc) is 2.68. The molecule has 19 heavy (non-hydrogen) atoms. The maximum Gasteiger partial charge on any atom is 0.308 e. The van der Waals surface area contributed by atoms with Gasteiger partial charge in [0.25, 0.3) is 0 Å². The molecule has 1 N–H and O–H groups in total. The Balaban J connectivity index is 2.54. The molecule has 0 spiro atoms. The van der Waals surface area contributed by atoms with Gasteiger partial charge in [-0.05, 0) is 26.7 Å². The molecule has 1 rings (SSSR count). The lowest BCUT2D eigenvalue weighted by molar-refractivity contribution is -0.146. The summed E-state index contributed by atoms with van der Waals surface area (Å²) in [5, 5.41) is 9.24. The van der Waals surface area contributed by atoms with Crippen LogP contribution in [0, 0.1) is 5.92 Å². The number of carbonyl (C=O) groups is 1. The third-order valence-corrected chi connectivity index (χ3v) is 3.18. The molecule has 0 radical (unpaired) electrons. The van der Waals surface area contributed by atoms with Crippen molar-refractivity contribution >= 4 is 5.97 Å². The van der Waals surface area contributed by atoms with Gasteiger partial charge >= 0.3 is 5.97 Å². The van der Waals surface area contributed by atoms with Crippen molar-refractivity contribution < 1.29 is 24.1 Å². The van der Waals surface area contributed by atoms with Crippen molar-refractivity contribution in [1.82, 2.24) is 0 Å². The quantitative estimate of drug-likeness (QED) is 0.588. The van der Waals surface area contributed by atoms with Crippen molar-refractivity contribution in [1.29, 1.82) is 0 Å². The maximum absolute atomic E-state index is 11.4. The zero-order valence-electron chi connectivity index (χ0n) is 12.1. The molecule has 0 aromatic rings. The Morgan fingerprint density at radius 2 is 2.16 bits per heavy atom. The van der Waals surface area contributed by atoms with Crippen LogP contribution in [-0.2, 0) is 19.0 Å². The van der Waals surface area contributed by atoms with E-state index in [0.717, 1.165) is 6.42 Å². The fraction of sp³-hybridized carbons (Fsp3) is 0.786. The van der Waals surface area contributed by atoms with Crippen molar-refractivity contribution in [2.75, 3.05) is 13.7 Å². The molecule has 1 heterocycles. The first-order chi connectivity index (χ1) is 8.93. The Morgan fingerprint density at radius 3 is 2.68 bits per heavy atom. The zero-order valence-corrected chi connectivity index (χ0v) is 12.1. The summed E-state index contributed by atoms with van der Waals surface area (Å²) in [7, 11) is 1.40. The number of rotatable bonds is 6. The molecular formula is C14H24O5. The fourth-order valence-corrected chi connectivity index (χ4v) is 2.14. The number of methoxy groups -OCH3 is 1. The number of esters is 1. The van der Waals surface area contributed by atoms with Crippen molar-refractivity contribution in [2.45, 2.75) is 51.6 Å². The van der Waals surface area contributed by atoms with E-state index in [1.807, 2.05) is 32.9 Å². The Hall–Kier alpha value is -0.910. The summed E-state index contributed by atoms with van der Waals surface area (Å²) in [6.45, 7) is 5.48. The minimum Gasteiger partial charge on any atom is -0.469 e. The molecule has 0 aliphatic carbocycles. The number of carbonyl (C=O) groups excluding carboxylic acids is 1. The molecule has 5 nitrogen and oxygen atoms in total. The van der Waals surface area contributed by atoms with E-state index in [0.29, 0.717) is 6.42 Å². The molecular weight excluding hydrogens is 248 g/mol. The van der Waals surface area contributed by atoms with Crippen LogP contribution in [0.1, 0.15) is 33.6 Å². The smallest absolute Gasteiger partial charge is 0.308 e. The van der Waals surface area contributed by atoms with E-state index < -0.39 is 5.79 Å². The predicted octanol–water partition coefficient (Wildman–Crippen LogP) is 1.64. The van der Waals surface area contributed by atoms with Gasteiger partial charge in [-0.3, -0.25) is 4.79 Å². The topological polar surface area (TPSA) is 65.0 Å². The molecule has 1 fully saturated rings. The number of aliphatic hydroxyl groups is 1. The van der Waals surface area contributed by atoms with Crippen molar-refractivity contribution in [3.8, 4) is 0 Å². The molecule has 3 atom stereocenters. The number of ether oxygens (including phenoxy) is 3. The van der Waals surface area contributed by atoms with Gasteiger partial charge in [0.1, 0.15) is 12.2 Å². The van der Waals surface area contributed by atoms with Gasteiger partial charge in [-0.25, -0.2) is 0 Å². The van der Waals surface area contributed by atoms with Gasteiger partial charge in [0.2, 0.25) is 0 Å². The van der Waals surface area contributed by atoms with Gasteiger partial charge in [-0.1, -0.05) is 19.1 Å². The molecule has 0 bridgehead atoms. The first-order valence-electron chi connectivity index (χ1n) is 6.64. The van der Waals surface area contributed by atoms with Crippen LogP contribution in [0.15, 0.2) is 12.2 Å². The molecule has 110 valence electrons. The minimum atomic E-state index is -0.686. The van der Waals surface area contributed by atoms with Gasteiger partial charge < -0.3 is 19.3 Å². The number of hydrogen-bond donors (Lipinski definition) is 1. The van der Waals surface area contributed by atoms with E-state index in [-0.39, 0.29) is 30.7 Å². The summed E-state index contributed by atoms with van der Waals surface area (Å²) in [6, 6.07) is 0. The second-order valence-electron chi connectivity index (χ2n) is 5.11. The third-order valence-electron chi connectivity index (χ3n) is 3.18. The molecule has 1 aliphatic heterocycles. The van der Waals surface area contributed by atoms with Crippen LogP contribution >= 0.6 is 0 Å². The highest BCUT2D eigenvalue weighted by Gasteiger charge is 2.39. The number of hydrogen-bond acceptors (Lipinski definition) is 5. The van der Waals surface area contributed by atoms with Gasteiger partial charge in [-0.2, -0.15) is 0 Å². The van der Waals surface area contributed by atoms with Crippen LogP contribution in [0.2, 0.25) is 0 Å². The highest BCUT2D eigenvalue weighted by molar-refractivity contribution is 5.72. The lowest BCUT2D eigenvalue weighted by Gasteiger charge is -2.16. The van der Waals surface area contributed by atoms with Gasteiger partial charge in [-0.15, -0.1) is 0 Å². The van der Waals surface area contributed by atoms with E-state index in [4.69, 9.17) is 14.2 Å². The molecule has 0 unspecified atom stereocenters. The summed E-state index contributed by atoms with van der Waals surface area (Å²) >= 11 is 0. The monoisotopic (exact) mass is 272 g/mol. The summed E-state index contributed by atoms with van der Waals surface area (Å²) in [5.74, 6) is -1.02. The van der Waals surface area contributed by atoms with E-state index in [1.54, 1.807) is 0 Å². The highest BCUT2D eigenvalue weighted by atomic mass is 16.8. The molecule has 5 heteroatoms. The molecule has 0 amide bonds. The van der Waals surface area contributed by atoms with Crippen LogP contribution in [0.5, 0.6) is 0 Å². The average molecular weight is 272 g/mol. The first kappa shape index (κ1) is 16.1. The van der Waals surface area contributed by atoms with Crippen molar-refractivity contribution in [3.05, 3.63) is 12.2 Å². The second-order valence-corrected chi connectivity index (χ2v) is 5.11. The van der Waals surface area contributed by atoms with E-state index >= 15 is 0 Å². The Bertz CT molecular complexity index is 324. The van der Waals surface area contributed by atoms with E-state index in [9.17, 15) is 9.90 Å². The van der Waals surface area contributed by atoms with Crippen LogP contribution < -0.4 is 0 Å². The minimum absolute atomic E-state index is 0.0906. The molecule has 0 aromatic heterocycles. The molecule has 0 aromatic carbocycles. The van der Waals surface area contributed by atoms with Crippen molar-refractivity contribution in [2.24, 2.45) is 5.92 Å². The summed E-state index contributed by atoms with van der Waals surface area (Å²) in [6.07, 6.45) is 4.43. The molecule has 0 saturated carbocycles. The zero-order chi connectivity index (χ0) is 14.5. The van der Waals surface area contributed by atoms with Crippen LogP contribution in [0.3, 0.4) is 0 Å². The lowest BCUT2D eigenvalue weighted by Crippen LogP contribution is -2.24. The Kier molecular flexibility index (Phi) is 5.97. The number of aliphatic hydroxyl groups excluding tert-OH is 1. The Morgan fingerprint density at radius 1 is 1.47 bits per heavy atom. The standard InChI is InChI=1S/C14H24O5/c1-5-10(13(16)17-4)7-6-8-11-12(9-15)19-14(2,3)18-11/h6,8,10-12,15H,5,7,9H2,1-4H3/b8-6+/t10-,11+,12-/m1/s1. The highest BCUT2D eigenvalue weighted by Crippen LogP contribution is 2.28. The lowest BCUT2D eigenvalue weighted by atomic mass is 10.0. The second kappa shape index (κ2) is 7.03. The summed E-state index contributed by atoms with van der Waals surface area (Å²) in [5.41, 5.74) is 0. The van der Waals surface area contributed by atoms with E-state index in [2.05, 4.69) is 0 Å².